The lowest BCUT2D eigenvalue weighted by Crippen LogP contribution is -2.41. The first-order valence-electron chi connectivity index (χ1n) is 6.30. The highest BCUT2D eigenvalue weighted by molar-refractivity contribution is 7.15. The maximum atomic E-state index is 5.85. The number of rotatable bonds is 5. The molecule has 1 fully saturated rings. The third-order valence-electron chi connectivity index (χ3n) is 3.11. The summed E-state index contributed by atoms with van der Waals surface area (Å²) in [6, 6.07) is 0.510. The summed E-state index contributed by atoms with van der Waals surface area (Å²) in [5, 5.41) is 4.58. The molecule has 5 heteroatoms. The van der Waals surface area contributed by atoms with Crippen molar-refractivity contribution in [3.63, 3.8) is 0 Å². The topological polar surface area (TPSA) is 28.2 Å². The van der Waals surface area contributed by atoms with Crippen LogP contribution < -0.4 is 5.32 Å². The van der Waals surface area contributed by atoms with Gasteiger partial charge in [-0.2, -0.15) is 0 Å². The molecule has 1 unspecified atom stereocenters. The van der Waals surface area contributed by atoms with Crippen LogP contribution in [0.2, 0.25) is 4.34 Å². The highest BCUT2D eigenvalue weighted by Crippen LogP contribution is 2.18. The molecule has 1 aromatic rings. The molecule has 1 N–H and O–H groups in total. The summed E-state index contributed by atoms with van der Waals surface area (Å²) in [6.45, 7) is 6.72. The Kier molecular flexibility index (Phi) is 5.22. The molecular formula is C12H20ClN3S. The molecule has 0 aliphatic carbocycles. The van der Waals surface area contributed by atoms with Gasteiger partial charge in [0.05, 0.1) is 6.20 Å². The molecule has 0 bridgehead atoms. The fourth-order valence-electron chi connectivity index (χ4n) is 2.23. The zero-order chi connectivity index (χ0) is 12.1. The predicted octanol–water partition coefficient (Wildman–Crippen LogP) is 2.76. The standard InChI is InChI=1S/C12H20ClN3S/c1-10(9-16-5-3-2-4-6-16)14-8-12-15-7-11(13)17-12/h7,10,14H,2-6,8-9H2,1H3. The van der Waals surface area contributed by atoms with Gasteiger partial charge in [-0.15, -0.1) is 11.3 Å². The molecule has 0 saturated carbocycles. The molecule has 0 spiro atoms. The molecule has 1 atom stereocenters. The lowest BCUT2D eigenvalue weighted by Gasteiger charge is -2.29. The van der Waals surface area contributed by atoms with E-state index in [0.29, 0.717) is 6.04 Å². The van der Waals surface area contributed by atoms with Crippen molar-refractivity contribution in [2.24, 2.45) is 0 Å². The van der Waals surface area contributed by atoms with Crippen LogP contribution in [-0.4, -0.2) is 35.6 Å². The third kappa shape index (κ3) is 4.54. The molecule has 2 rings (SSSR count). The highest BCUT2D eigenvalue weighted by Gasteiger charge is 2.13. The number of nitrogens with one attached hydrogen (secondary N) is 1. The minimum atomic E-state index is 0.510. The first-order valence-corrected chi connectivity index (χ1v) is 7.49. The first kappa shape index (κ1) is 13.3. The van der Waals surface area contributed by atoms with Crippen molar-refractivity contribution < 1.29 is 0 Å². The van der Waals surface area contributed by atoms with Crippen LogP contribution in [0.15, 0.2) is 6.20 Å². The van der Waals surface area contributed by atoms with Crippen molar-refractivity contribution in [2.45, 2.75) is 38.8 Å². The molecular weight excluding hydrogens is 254 g/mol. The van der Waals surface area contributed by atoms with Gasteiger partial charge in [-0.05, 0) is 32.9 Å². The monoisotopic (exact) mass is 273 g/mol. The van der Waals surface area contributed by atoms with Gasteiger partial charge < -0.3 is 10.2 Å². The first-order chi connectivity index (χ1) is 8.24. The van der Waals surface area contributed by atoms with E-state index in [1.807, 2.05) is 0 Å². The normalized spacial score (nSPS) is 19.4. The second-order valence-corrected chi connectivity index (χ2v) is 6.45. The summed E-state index contributed by atoms with van der Waals surface area (Å²) in [6.07, 6.45) is 5.83. The summed E-state index contributed by atoms with van der Waals surface area (Å²) < 4.78 is 0.769. The Morgan fingerprint density at radius 1 is 1.47 bits per heavy atom. The van der Waals surface area contributed by atoms with E-state index >= 15 is 0 Å². The summed E-state index contributed by atoms with van der Waals surface area (Å²) in [5.41, 5.74) is 0. The van der Waals surface area contributed by atoms with Gasteiger partial charge in [-0.3, -0.25) is 0 Å². The van der Waals surface area contributed by atoms with Crippen LogP contribution in [0.25, 0.3) is 0 Å². The van der Waals surface area contributed by atoms with E-state index in [0.717, 1.165) is 22.4 Å². The van der Waals surface area contributed by atoms with Crippen LogP contribution >= 0.6 is 22.9 Å². The minimum absolute atomic E-state index is 0.510. The van der Waals surface area contributed by atoms with Gasteiger partial charge in [0.25, 0.3) is 0 Å². The van der Waals surface area contributed by atoms with E-state index in [-0.39, 0.29) is 0 Å². The maximum absolute atomic E-state index is 5.85. The summed E-state index contributed by atoms with van der Waals surface area (Å²) in [4.78, 5) is 6.80. The van der Waals surface area contributed by atoms with Gasteiger partial charge in [-0.25, -0.2) is 4.98 Å². The molecule has 0 aromatic carbocycles. The molecule has 1 aromatic heterocycles. The summed E-state index contributed by atoms with van der Waals surface area (Å²) in [7, 11) is 0. The molecule has 1 aliphatic rings. The number of nitrogens with zero attached hydrogens (tertiary/aromatic N) is 2. The molecule has 3 nitrogen and oxygen atoms in total. The molecule has 2 heterocycles. The lowest BCUT2D eigenvalue weighted by atomic mass is 10.1. The molecule has 1 saturated heterocycles. The van der Waals surface area contributed by atoms with Crippen LogP contribution in [0.1, 0.15) is 31.2 Å². The van der Waals surface area contributed by atoms with E-state index in [2.05, 4.69) is 22.1 Å². The minimum Gasteiger partial charge on any atom is -0.307 e. The molecule has 1 aliphatic heterocycles. The van der Waals surface area contributed by atoms with Gasteiger partial charge in [0.15, 0.2) is 0 Å². The van der Waals surface area contributed by atoms with Crippen molar-refractivity contribution >= 4 is 22.9 Å². The maximum Gasteiger partial charge on any atom is 0.113 e. The number of likely N-dealkylation sites (tertiary alicyclic amines) is 1. The molecule has 0 amide bonds. The zero-order valence-electron chi connectivity index (χ0n) is 10.3. The van der Waals surface area contributed by atoms with Crippen molar-refractivity contribution in [2.75, 3.05) is 19.6 Å². The SMILES string of the molecule is CC(CN1CCCCC1)NCc1ncc(Cl)s1. The van der Waals surface area contributed by atoms with Crippen LogP contribution in [0.4, 0.5) is 0 Å². The second kappa shape index (κ2) is 6.69. The Labute approximate surface area is 112 Å². The van der Waals surface area contributed by atoms with E-state index in [1.54, 1.807) is 17.5 Å². The van der Waals surface area contributed by atoms with Gasteiger partial charge in [0.2, 0.25) is 0 Å². The van der Waals surface area contributed by atoms with Crippen LogP contribution in [0.3, 0.4) is 0 Å². The molecule has 17 heavy (non-hydrogen) atoms. The fourth-order valence-corrected chi connectivity index (χ4v) is 3.13. The van der Waals surface area contributed by atoms with Crippen molar-refractivity contribution in [1.29, 1.82) is 0 Å². The van der Waals surface area contributed by atoms with E-state index in [4.69, 9.17) is 11.6 Å². The lowest BCUT2D eigenvalue weighted by molar-refractivity contribution is 0.209. The zero-order valence-corrected chi connectivity index (χ0v) is 11.9. The van der Waals surface area contributed by atoms with E-state index < -0.39 is 0 Å². The summed E-state index contributed by atoms with van der Waals surface area (Å²) >= 11 is 7.41. The van der Waals surface area contributed by atoms with Gasteiger partial charge >= 0.3 is 0 Å². The average molecular weight is 274 g/mol. The van der Waals surface area contributed by atoms with Gasteiger partial charge in [-0.1, -0.05) is 18.0 Å². The Bertz CT molecular complexity index is 336. The van der Waals surface area contributed by atoms with Crippen LogP contribution in [0, 0.1) is 0 Å². The van der Waals surface area contributed by atoms with Crippen LogP contribution in [0.5, 0.6) is 0 Å². The number of piperidine rings is 1. The predicted molar refractivity (Wildman–Crippen MR) is 73.7 cm³/mol. The largest absolute Gasteiger partial charge is 0.307 e. The second-order valence-electron chi connectivity index (χ2n) is 4.70. The third-order valence-corrected chi connectivity index (χ3v) is 4.22. The Morgan fingerprint density at radius 2 is 2.24 bits per heavy atom. The molecule has 96 valence electrons. The number of aromatic nitrogens is 1. The Balaban J connectivity index is 1.68. The average Bonchev–Trinajstić information content (AvgIpc) is 2.74. The van der Waals surface area contributed by atoms with E-state index in [1.165, 1.54) is 32.4 Å². The smallest absolute Gasteiger partial charge is 0.113 e. The number of thiazole rings is 1. The van der Waals surface area contributed by atoms with Crippen molar-refractivity contribution in [3.05, 3.63) is 15.5 Å². The highest BCUT2D eigenvalue weighted by atomic mass is 35.5. The molecule has 0 radical (unpaired) electrons. The van der Waals surface area contributed by atoms with Crippen molar-refractivity contribution in [1.82, 2.24) is 15.2 Å². The number of halogens is 1. The van der Waals surface area contributed by atoms with Gasteiger partial charge in [0, 0.05) is 19.1 Å². The summed E-state index contributed by atoms with van der Waals surface area (Å²) in [5.74, 6) is 0. The Morgan fingerprint density at radius 3 is 2.88 bits per heavy atom. The van der Waals surface area contributed by atoms with E-state index in [9.17, 15) is 0 Å². The number of hydrogen-bond donors (Lipinski definition) is 1. The van der Waals surface area contributed by atoms with Crippen LogP contribution in [-0.2, 0) is 6.54 Å². The fraction of sp³-hybridized carbons (Fsp3) is 0.750. The Hall–Kier alpha value is -0.160. The number of hydrogen-bond acceptors (Lipinski definition) is 4. The van der Waals surface area contributed by atoms with Crippen molar-refractivity contribution in [3.8, 4) is 0 Å². The quantitative estimate of drug-likeness (QED) is 0.894. The van der Waals surface area contributed by atoms with Gasteiger partial charge in [0.1, 0.15) is 9.34 Å².